The first-order valence-electron chi connectivity index (χ1n) is 7.81. The third kappa shape index (κ3) is 3.03. The van der Waals surface area contributed by atoms with Gasteiger partial charge < -0.3 is 14.5 Å². The highest BCUT2D eigenvalue weighted by atomic mass is 32.1. The van der Waals surface area contributed by atoms with E-state index in [1.165, 1.54) is 4.88 Å². The molecule has 0 aromatic carbocycles. The first kappa shape index (κ1) is 15.5. The maximum atomic E-state index is 12.8. The number of carbonyl (C=O) groups is 2. The van der Waals surface area contributed by atoms with E-state index in [9.17, 15) is 9.59 Å². The van der Waals surface area contributed by atoms with Gasteiger partial charge in [-0.1, -0.05) is 6.07 Å². The highest BCUT2D eigenvalue weighted by Crippen LogP contribution is 2.36. The van der Waals surface area contributed by atoms with Gasteiger partial charge in [-0.2, -0.15) is 0 Å². The molecule has 1 aromatic heterocycles. The standard InChI is InChI=1S/C16H22N2O3S/c1-21-8-7-17-11-12(10-15(17)19)16(20)18-6-2-4-13(18)14-5-3-9-22-14/h3,5,9,12-13H,2,4,6-8,10-11H2,1H3. The molecule has 6 heteroatoms. The Morgan fingerprint density at radius 2 is 2.36 bits per heavy atom. The molecule has 3 rings (SSSR count). The van der Waals surface area contributed by atoms with Crippen molar-refractivity contribution in [2.45, 2.75) is 25.3 Å². The molecule has 0 radical (unpaired) electrons. The second-order valence-electron chi connectivity index (χ2n) is 5.94. The van der Waals surface area contributed by atoms with Crippen molar-refractivity contribution < 1.29 is 14.3 Å². The van der Waals surface area contributed by atoms with Gasteiger partial charge in [-0.25, -0.2) is 0 Å². The molecule has 1 aromatic rings. The maximum Gasteiger partial charge on any atom is 0.228 e. The monoisotopic (exact) mass is 322 g/mol. The van der Waals surface area contributed by atoms with Crippen LogP contribution in [0.15, 0.2) is 17.5 Å². The summed E-state index contributed by atoms with van der Waals surface area (Å²) in [4.78, 5) is 29.9. The molecular weight excluding hydrogens is 300 g/mol. The predicted molar refractivity (Wildman–Crippen MR) is 84.6 cm³/mol. The van der Waals surface area contributed by atoms with E-state index in [0.29, 0.717) is 26.1 Å². The largest absolute Gasteiger partial charge is 0.383 e. The first-order chi connectivity index (χ1) is 10.7. The molecule has 2 saturated heterocycles. The quantitative estimate of drug-likeness (QED) is 0.832. The number of amides is 2. The van der Waals surface area contributed by atoms with Gasteiger partial charge in [0.2, 0.25) is 11.8 Å². The van der Waals surface area contributed by atoms with E-state index < -0.39 is 0 Å². The van der Waals surface area contributed by atoms with Crippen molar-refractivity contribution in [2.24, 2.45) is 5.92 Å². The smallest absolute Gasteiger partial charge is 0.228 e. The number of methoxy groups -OCH3 is 1. The molecule has 5 nitrogen and oxygen atoms in total. The third-order valence-electron chi connectivity index (χ3n) is 4.54. The number of rotatable bonds is 5. The lowest BCUT2D eigenvalue weighted by Crippen LogP contribution is -2.37. The van der Waals surface area contributed by atoms with Crippen molar-refractivity contribution >= 4 is 23.2 Å². The van der Waals surface area contributed by atoms with E-state index in [4.69, 9.17) is 4.74 Å². The van der Waals surface area contributed by atoms with Gasteiger partial charge in [0.05, 0.1) is 18.6 Å². The Morgan fingerprint density at radius 3 is 3.09 bits per heavy atom. The fourth-order valence-electron chi connectivity index (χ4n) is 3.40. The van der Waals surface area contributed by atoms with Crippen LogP contribution in [-0.4, -0.2) is 55.0 Å². The average molecular weight is 322 g/mol. The molecule has 2 amide bonds. The minimum absolute atomic E-state index is 0.0715. The second-order valence-corrected chi connectivity index (χ2v) is 6.92. The Kier molecular flexibility index (Phi) is 4.78. The van der Waals surface area contributed by atoms with Crippen molar-refractivity contribution in [1.82, 2.24) is 9.80 Å². The average Bonchev–Trinajstić information content (AvgIpc) is 3.24. The summed E-state index contributed by atoms with van der Waals surface area (Å²) in [5.74, 6) is 0.0244. The summed E-state index contributed by atoms with van der Waals surface area (Å²) in [6.07, 6.45) is 2.42. The Balaban J connectivity index is 1.65. The fraction of sp³-hybridized carbons (Fsp3) is 0.625. The van der Waals surface area contributed by atoms with Crippen molar-refractivity contribution in [3.05, 3.63) is 22.4 Å². The van der Waals surface area contributed by atoms with E-state index >= 15 is 0 Å². The Bertz CT molecular complexity index is 532. The minimum Gasteiger partial charge on any atom is -0.383 e. The molecule has 0 N–H and O–H groups in total. The van der Waals surface area contributed by atoms with Crippen LogP contribution in [-0.2, 0) is 14.3 Å². The Labute approximate surface area is 134 Å². The maximum absolute atomic E-state index is 12.8. The highest BCUT2D eigenvalue weighted by Gasteiger charge is 2.40. The normalized spacial score (nSPS) is 25.2. The molecular formula is C16H22N2O3S. The lowest BCUT2D eigenvalue weighted by molar-refractivity contribution is -0.136. The Morgan fingerprint density at radius 1 is 1.50 bits per heavy atom. The van der Waals surface area contributed by atoms with E-state index in [1.54, 1.807) is 23.3 Å². The van der Waals surface area contributed by atoms with Gasteiger partial charge in [0, 0.05) is 38.0 Å². The van der Waals surface area contributed by atoms with Gasteiger partial charge in [0.15, 0.2) is 0 Å². The SMILES string of the molecule is COCCN1CC(C(=O)N2CCCC2c2cccs2)CC1=O. The topological polar surface area (TPSA) is 49.9 Å². The molecule has 0 saturated carbocycles. The number of hydrogen-bond acceptors (Lipinski definition) is 4. The van der Waals surface area contributed by atoms with Crippen LogP contribution in [0, 0.1) is 5.92 Å². The molecule has 2 fully saturated rings. The van der Waals surface area contributed by atoms with Crippen LogP contribution in [0.5, 0.6) is 0 Å². The zero-order valence-electron chi connectivity index (χ0n) is 12.9. The molecule has 2 atom stereocenters. The van der Waals surface area contributed by atoms with Gasteiger partial charge in [-0.3, -0.25) is 9.59 Å². The summed E-state index contributed by atoms with van der Waals surface area (Å²) >= 11 is 1.71. The summed E-state index contributed by atoms with van der Waals surface area (Å²) in [6.45, 7) is 2.44. The summed E-state index contributed by atoms with van der Waals surface area (Å²) in [7, 11) is 1.62. The molecule has 0 bridgehead atoms. The number of thiophene rings is 1. The zero-order chi connectivity index (χ0) is 15.5. The van der Waals surface area contributed by atoms with Gasteiger partial charge in [-0.15, -0.1) is 11.3 Å². The number of nitrogens with zero attached hydrogens (tertiary/aromatic N) is 2. The minimum atomic E-state index is -0.190. The van der Waals surface area contributed by atoms with E-state index in [-0.39, 0.29) is 23.8 Å². The van der Waals surface area contributed by atoms with E-state index in [1.807, 2.05) is 11.0 Å². The van der Waals surface area contributed by atoms with Crippen LogP contribution >= 0.6 is 11.3 Å². The fourth-order valence-corrected chi connectivity index (χ4v) is 4.27. The number of ether oxygens (including phenoxy) is 1. The van der Waals surface area contributed by atoms with Crippen LogP contribution in [0.25, 0.3) is 0 Å². The molecule has 3 heterocycles. The summed E-state index contributed by atoms with van der Waals surface area (Å²) < 4.78 is 5.03. The zero-order valence-corrected chi connectivity index (χ0v) is 13.7. The first-order valence-corrected chi connectivity index (χ1v) is 8.69. The second kappa shape index (κ2) is 6.79. The van der Waals surface area contributed by atoms with Crippen molar-refractivity contribution in [2.75, 3.05) is 33.4 Å². The molecule has 2 aliphatic heterocycles. The van der Waals surface area contributed by atoms with E-state index in [2.05, 4.69) is 11.4 Å². The lowest BCUT2D eigenvalue weighted by atomic mass is 10.1. The van der Waals surface area contributed by atoms with Gasteiger partial charge >= 0.3 is 0 Å². The third-order valence-corrected chi connectivity index (χ3v) is 5.51. The van der Waals surface area contributed by atoms with Crippen molar-refractivity contribution in [1.29, 1.82) is 0 Å². The van der Waals surface area contributed by atoms with Crippen molar-refractivity contribution in [3.8, 4) is 0 Å². The Hall–Kier alpha value is -1.40. The highest BCUT2D eigenvalue weighted by molar-refractivity contribution is 7.10. The predicted octanol–water partition coefficient (Wildman–Crippen LogP) is 1.91. The molecule has 2 unspecified atom stereocenters. The molecule has 0 aliphatic carbocycles. The molecule has 2 aliphatic rings. The molecule has 0 spiro atoms. The van der Waals surface area contributed by atoms with Crippen molar-refractivity contribution in [3.63, 3.8) is 0 Å². The van der Waals surface area contributed by atoms with Crippen LogP contribution in [0.4, 0.5) is 0 Å². The number of hydrogen-bond donors (Lipinski definition) is 0. The number of likely N-dealkylation sites (tertiary alicyclic amines) is 2. The van der Waals surface area contributed by atoms with Crippen LogP contribution < -0.4 is 0 Å². The van der Waals surface area contributed by atoms with E-state index in [0.717, 1.165) is 19.4 Å². The van der Waals surface area contributed by atoms with Crippen LogP contribution in [0.3, 0.4) is 0 Å². The summed E-state index contributed by atoms with van der Waals surface area (Å²) in [5.41, 5.74) is 0. The summed E-state index contributed by atoms with van der Waals surface area (Å²) in [5, 5.41) is 2.06. The lowest BCUT2D eigenvalue weighted by Gasteiger charge is -2.26. The number of carbonyl (C=O) groups excluding carboxylic acids is 2. The molecule has 120 valence electrons. The van der Waals surface area contributed by atoms with Gasteiger partial charge in [-0.05, 0) is 24.3 Å². The van der Waals surface area contributed by atoms with Crippen LogP contribution in [0.1, 0.15) is 30.2 Å². The van der Waals surface area contributed by atoms with Gasteiger partial charge in [0.1, 0.15) is 0 Å². The summed E-state index contributed by atoms with van der Waals surface area (Å²) in [6, 6.07) is 4.34. The molecule has 22 heavy (non-hydrogen) atoms. The van der Waals surface area contributed by atoms with Crippen LogP contribution in [0.2, 0.25) is 0 Å². The van der Waals surface area contributed by atoms with Gasteiger partial charge in [0.25, 0.3) is 0 Å².